The maximum Gasteiger partial charge on any atom is 0.224 e. The Morgan fingerprint density at radius 2 is 2.10 bits per heavy atom. The van der Waals surface area contributed by atoms with E-state index in [9.17, 15) is 4.79 Å². The molecule has 0 aliphatic rings. The summed E-state index contributed by atoms with van der Waals surface area (Å²) in [6, 6.07) is 7.74. The highest BCUT2D eigenvalue weighted by atomic mass is 79.9. The number of H-pyrrole nitrogens is 1. The van der Waals surface area contributed by atoms with Crippen LogP contribution in [0, 0.1) is 5.92 Å². The first kappa shape index (κ1) is 15.7. The van der Waals surface area contributed by atoms with E-state index in [2.05, 4.69) is 41.7 Å². The molecule has 1 atom stereocenters. The smallest absolute Gasteiger partial charge is 0.224 e. The fourth-order valence-corrected chi connectivity index (χ4v) is 2.11. The molecule has 0 aliphatic carbocycles. The lowest BCUT2D eigenvalue weighted by Gasteiger charge is -2.10. The Morgan fingerprint density at radius 1 is 1.38 bits per heavy atom. The quantitative estimate of drug-likeness (QED) is 0.739. The number of nitrogens with zero attached hydrogens (tertiary/aromatic N) is 2. The molecule has 0 radical (unpaired) electrons. The molecular formula is C14H18BrN5O. The SMILES string of the molecule is CNCC(C)C(=O)NCc1nc(-c2ccc(Br)cc2)n[nH]1. The number of aromatic amines is 1. The fourth-order valence-electron chi connectivity index (χ4n) is 1.85. The van der Waals surface area contributed by atoms with Crippen molar-refractivity contribution in [1.82, 2.24) is 25.8 Å². The van der Waals surface area contributed by atoms with Gasteiger partial charge in [0.2, 0.25) is 5.91 Å². The third-order valence-corrected chi connectivity index (χ3v) is 3.55. The maximum atomic E-state index is 11.8. The maximum absolute atomic E-state index is 11.8. The second kappa shape index (κ2) is 7.33. The number of amides is 1. The lowest BCUT2D eigenvalue weighted by Crippen LogP contribution is -2.34. The van der Waals surface area contributed by atoms with Crippen LogP contribution in [-0.4, -0.2) is 34.7 Å². The molecule has 1 heterocycles. The Hall–Kier alpha value is -1.73. The van der Waals surface area contributed by atoms with Gasteiger partial charge in [-0.1, -0.05) is 35.0 Å². The summed E-state index contributed by atoms with van der Waals surface area (Å²) in [5.74, 6) is 1.17. The zero-order valence-corrected chi connectivity index (χ0v) is 13.6. The minimum absolute atomic E-state index is 0.00839. The molecule has 0 spiro atoms. The van der Waals surface area contributed by atoms with Crippen molar-refractivity contribution in [3.63, 3.8) is 0 Å². The van der Waals surface area contributed by atoms with Crippen molar-refractivity contribution >= 4 is 21.8 Å². The van der Waals surface area contributed by atoms with Gasteiger partial charge in [0, 0.05) is 22.5 Å². The monoisotopic (exact) mass is 351 g/mol. The summed E-state index contributed by atoms with van der Waals surface area (Å²) in [6.07, 6.45) is 0. The van der Waals surface area contributed by atoms with Crippen LogP contribution < -0.4 is 10.6 Å². The van der Waals surface area contributed by atoms with Gasteiger partial charge in [0.15, 0.2) is 5.82 Å². The molecule has 0 saturated heterocycles. The van der Waals surface area contributed by atoms with Gasteiger partial charge in [-0.3, -0.25) is 9.89 Å². The predicted molar refractivity (Wildman–Crippen MR) is 84.5 cm³/mol. The minimum Gasteiger partial charge on any atom is -0.349 e. The van der Waals surface area contributed by atoms with Crippen LogP contribution in [0.2, 0.25) is 0 Å². The summed E-state index contributed by atoms with van der Waals surface area (Å²) in [5, 5.41) is 12.8. The molecule has 7 heteroatoms. The van der Waals surface area contributed by atoms with E-state index in [0.29, 0.717) is 24.7 Å². The molecule has 21 heavy (non-hydrogen) atoms. The number of halogens is 1. The third-order valence-electron chi connectivity index (χ3n) is 3.02. The number of hydrogen-bond donors (Lipinski definition) is 3. The number of carbonyl (C=O) groups excluding carboxylic acids is 1. The molecule has 0 bridgehead atoms. The van der Waals surface area contributed by atoms with Crippen molar-refractivity contribution in [2.24, 2.45) is 5.92 Å². The van der Waals surface area contributed by atoms with Gasteiger partial charge >= 0.3 is 0 Å². The first-order chi connectivity index (χ1) is 10.1. The molecule has 1 aromatic heterocycles. The van der Waals surface area contributed by atoms with E-state index in [4.69, 9.17) is 0 Å². The Balaban J connectivity index is 1.94. The standard InChI is InChI=1S/C14H18BrN5O/c1-9(7-16-2)14(21)17-8-12-18-13(20-19-12)10-3-5-11(15)6-4-10/h3-6,9,16H,7-8H2,1-2H3,(H,17,21)(H,18,19,20). The van der Waals surface area contributed by atoms with E-state index < -0.39 is 0 Å². The molecular weight excluding hydrogens is 334 g/mol. The summed E-state index contributed by atoms with van der Waals surface area (Å²) < 4.78 is 1.01. The molecule has 0 fully saturated rings. The highest BCUT2D eigenvalue weighted by molar-refractivity contribution is 9.10. The number of benzene rings is 1. The van der Waals surface area contributed by atoms with Gasteiger partial charge in [0.05, 0.1) is 6.54 Å². The fraction of sp³-hybridized carbons (Fsp3) is 0.357. The molecule has 3 N–H and O–H groups in total. The van der Waals surface area contributed by atoms with Gasteiger partial charge in [0.1, 0.15) is 5.82 Å². The van der Waals surface area contributed by atoms with Crippen LogP contribution in [0.15, 0.2) is 28.7 Å². The van der Waals surface area contributed by atoms with Crippen molar-refractivity contribution in [2.75, 3.05) is 13.6 Å². The van der Waals surface area contributed by atoms with E-state index in [1.807, 2.05) is 38.2 Å². The number of rotatable bonds is 6. The molecule has 1 unspecified atom stereocenters. The molecule has 2 rings (SSSR count). The van der Waals surface area contributed by atoms with Crippen molar-refractivity contribution < 1.29 is 4.79 Å². The number of nitrogens with one attached hydrogen (secondary N) is 3. The second-order valence-corrected chi connectivity index (χ2v) is 5.70. The molecule has 1 amide bonds. The largest absolute Gasteiger partial charge is 0.349 e. The van der Waals surface area contributed by atoms with Crippen molar-refractivity contribution in [3.8, 4) is 11.4 Å². The van der Waals surface area contributed by atoms with Crippen LogP contribution in [0.5, 0.6) is 0 Å². The van der Waals surface area contributed by atoms with Crippen LogP contribution in [0.4, 0.5) is 0 Å². The Morgan fingerprint density at radius 3 is 2.76 bits per heavy atom. The number of aromatic nitrogens is 3. The van der Waals surface area contributed by atoms with Gasteiger partial charge < -0.3 is 10.6 Å². The van der Waals surface area contributed by atoms with E-state index in [-0.39, 0.29) is 11.8 Å². The lowest BCUT2D eigenvalue weighted by molar-refractivity contribution is -0.124. The average molecular weight is 352 g/mol. The summed E-state index contributed by atoms with van der Waals surface area (Å²) >= 11 is 3.39. The van der Waals surface area contributed by atoms with Crippen LogP contribution in [0.3, 0.4) is 0 Å². The van der Waals surface area contributed by atoms with Gasteiger partial charge in [-0.15, -0.1) is 0 Å². The number of hydrogen-bond acceptors (Lipinski definition) is 4. The van der Waals surface area contributed by atoms with Gasteiger partial charge in [0.25, 0.3) is 0 Å². The van der Waals surface area contributed by atoms with E-state index in [1.54, 1.807) is 0 Å². The minimum atomic E-state index is -0.0798. The van der Waals surface area contributed by atoms with Crippen molar-refractivity contribution in [2.45, 2.75) is 13.5 Å². The average Bonchev–Trinajstić information content (AvgIpc) is 2.94. The highest BCUT2D eigenvalue weighted by Gasteiger charge is 2.12. The zero-order chi connectivity index (χ0) is 15.2. The van der Waals surface area contributed by atoms with Crippen LogP contribution in [0.25, 0.3) is 11.4 Å². The summed E-state index contributed by atoms with van der Waals surface area (Å²) in [5.41, 5.74) is 0.926. The van der Waals surface area contributed by atoms with Crippen molar-refractivity contribution in [3.05, 3.63) is 34.6 Å². The summed E-state index contributed by atoms with van der Waals surface area (Å²) in [7, 11) is 1.82. The molecule has 2 aromatic rings. The second-order valence-electron chi connectivity index (χ2n) is 4.79. The van der Waals surface area contributed by atoms with Crippen molar-refractivity contribution in [1.29, 1.82) is 0 Å². The summed E-state index contributed by atoms with van der Waals surface area (Å²) in [4.78, 5) is 16.2. The molecule has 1 aromatic carbocycles. The highest BCUT2D eigenvalue weighted by Crippen LogP contribution is 2.18. The Labute approximate surface area is 131 Å². The third kappa shape index (κ3) is 4.37. The number of carbonyl (C=O) groups is 1. The van der Waals surface area contributed by atoms with E-state index in [1.165, 1.54) is 0 Å². The Bertz CT molecular complexity index is 596. The lowest BCUT2D eigenvalue weighted by atomic mass is 10.1. The van der Waals surface area contributed by atoms with Crippen LogP contribution in [0.1, 0.15) is 12.7 Å². The van der Waals surface area contributed by atoms with E-state index >= 15 is 0 Å². The van der Waals surface area contributed by atoms with Crippen LogP contribution in [-0.2, 0) is 11.3 Å². The molecule has 6 nitrogen and oxygen atoms in total. The normalized spacial score (nSPS) is 12.1. The van der Waals surface area contributed by atoms with Gasteiger partial charge in [-0.05, 0) is 19.2 Å². The predicted octanol–water partition coefficient (Wildman–Crippen LogP) is 1.71. The van der Waals surface area contributed by atoms with Crippen LogP contribution >= 0.6 is 15.9 Å². The first-order valence-electron chi connectivity index (χ1n) is 6.69. The summed E-state index contributed by atoms with van der Waals surface area (Å²) in [6.45, 7) is 2.86. The molecule has 0 aliphatic heterocycles. The Kier molecular flexibility index (Phi) is 5.46. The van der Waals surface area contributed by atoms with Gasteiger partial charge in [-0.2, -0.15) is 5.10 Å². The topological polar surface area (TPSA) is 82.7 Å². The molecule has 0 saturated carbocycles. The van der Waals surface area contributed by atoms with Gasteiger partial charge in [-0.25, -0.2) is 4.98 Å². The van der Waals surface area contributed by atoms with E-state index in [0.717, 1.165) is 10.0 Å². The molecule has 112 valence electrons. The zero-order valence-electron chi connectivity index (χ0n) is 12.0. The first-order valence-corrected chi connectivity index (χ1v) is 7.49.